The molecule has 0 aliphatic carbocycles. The second-order valence-corrected chi connectivity index (χ2v) is 7.55. The molecule has 1 unspecified atom stereocenters. The van der Waals surface area contributed by atoms with Gasteiger partial charge >= 0.3 is 0 Å². The first-order valence-electron chi connectivity index (χ1n) is 10.2. The van der Waals surface area contributed by atoms with Gasteiger partial charge in [-0.15, -0.1) is 0 Å². The normalized spacial score (nSPS) is 18.2. The number of carbonyl (C=O) groups excluding carboxylic acids is 2. The molecule has 1 rings (SSSR count). The van der Waals surface area contributed by atoms with E-state index in [1.165, 1.54) is 43.4 Å². The van der Waals surface area contributed by atoms with E-state index in [2.05, 4.69) is 24.0 Å². The van der Waals surface area contributed by atoms with Crippen molar-refractivity contribution in [1.29, 1.82) is 0 Å². The number of imide groups is 1. The van der Waals surface area contributed by atoms with E-state index < -0.39 is 0 Å². The fourth-order valence-electron chi connectivity index (χ4n) is 3.33. The van der Waals surface area contributed by atoms with Crippen LogP contribution in [-0.2, 0) is 9.59 Å². The molecule has 2 amide bonds. The fourth-order valence-corrected chi connectivity index (χ4v) is 3.33. The molecule has 4 nitrogen and oxygen atoms in total. The number of carbonyl (C=O) groups is 2. The summed E-state index contributed by atoms with van der Waals surface area (Å²) < 4.78 is 0. The largest absolute Gasteiger partial charge is 0.309 e. The summed E-state index contributed by atoms with van der Waals surface area (Å²) in [5.74, 6) is -0.0246. The van der Waals surface area contributed by atoms with Crippen molar-refractivity contribution in [2.45, 2.75) is 77.6 Å². The third-order valence-corrected chi connectivity index (χ3v) is 4.90. The molecule has 1 aliphatic heterocycles. The van der Waals surface area contributed by atoms with E-state index in [0.717, 1.165) is 32.2 Å². The number of hydrogen-bond donors (Lipinski definition) is 0. The average molecular weight is 351 g/mol. The van der Waals surface area contributed by atoms with Crippen molar-refractivity contribution < 1.29 is 9.59 Å². The molecule has 4 heteroatoms. The van der Waals surface area contributed by atoms with Gasteiger partial charge in [-0.3, -0.25) is 14.5 Å². The lowest BCUT2D eigenvalue weighted by atomic mass is 10.0. The molecule has 1 heterocycles. The Hall–Kier alpha value is -1.16. The van der Waals surface area contributed by atoms with Gasteiger partial charge in [0.15, 0.2) is 0 Å². The monoisotopic (exact) mass is 350 g/mol. The Morgan fingerprint density at radius 2 is 1.68 bits per heavy atom. The van der Waals surface area contributed by atoms with Gasteiger partial charge in [-0.2, -0.15) is 0 Å². The quantitative estimate of drug-likeness (QED) is 0.265. The third-order valence-electron chi connectivity index (χ3n) is 4.90. The summed E-state index contributed by atoms with van der Waals surface area (Å²) in [5.41, 5.74) is 0. The van der Waals surface area contributed by atoms with Crippen molar-refractivity contribution in [3.63, 3.8) is 0 Å². The van der Waals surface area contributed by atoms with Crippen LogP contribution in [0, 0.1) is 5.92 Å². The zero-order chi connectivity index (χ0) is 18.5. The van der Waals surface area contributed by atoms with Crippen LogP contribution >= 0.6 is 0 Å². The first kappa shape index (κ1) is 21.9. The summed E-state index contributed by atoms with van der Waals surface area (Å²) in [6.45, 7) is 3.72. The molecule has 0 aromatic heterocycles. The van der Waals surface area contributed by atoms with Gasteiger partial charge in [-0.25, -0.2) is 0 Å². The molecule has 0 spiro atoms. The molecule has 0 radical (unpaired) electrons. The first-order valence-corrected chi connectivity index (χ1v) is 10.2. The first-order chi connectivity index (χ1) is 12.1. The predicted molar refractivity (Wildman–Crippen MR) is 104 cm³/mol. The lowest BCUT2D eigenvalue weighted by Gasteiger charge is -2.16. The van der Waals surface area contributed by atoms with Gasteiger partial charge in [0.2, 0.25) is 11.8 Å². The zero-order valence-electron chi connectivity index (χ0n) is 16.6. The van der Waals surface area contributed by atoms with E-state index in [-0.39, 0.29) is 17.7 Å². The van der Waals surface area contributed by atoms with Crippen molar-refractivity contribution in [3.05, 3.63) is 12.2 Å². The number of allylic oxidation sites excluding steroid dienone is 2. The zero-order valence-corrected chi connectivity index (χ0v) is 16.6. The minimum absolute atomic E-state index is 0.0183. The highest BCUT2D eigenvalue weighted by molar-refractivity contribution is 6.03. The topological polar surface area (TPSA) is 40.6 Å². The molecule has 0 saturated carbocycles. The van der Waals surface area contributed by atoms with Gasteiger partial charge in [0, 0.05) is 18.9 Å². The van der Waals surface area contributed by atoms with Crippen molar-refractivity contribution in [1.82, 2.24) is 9.80 Å². The van der Waals surface area contributed by atoms with Crippen LogP contribution < -0.4 is 0 Å². The minimum Gasteiger partial charge on any atom is -0.309 e. The van der Waals surface area contributed by atoms with E-state index in [0.29, 0.717) is 13.0 Å². The van der Waals surface area contributed by atoms with Gasteiger partial charge in [0.1, 0.15) is 0 Å². The highest BCUT2D eigenvalue weighted by atomic mass is 16.2. The highest BCUT2D eigenvalue weighted by Crippen LogP contribution is 2.24. The number of amides is 2. The molecule has 0 bridgehead atoms. The van der Waals surface area contributed by atoms with E-state index in [4.69, 9.17) is 0 Å². The molecule has 0 aromatic carbocycles. The van der Waals surface area contributed by atoms with Crippen LogP contribution in [0.3, 0.4) is 0 Å². The maximum atomic E-state index is 12.4. The molecule has 1 fully saturated rings. The van der Waals surface area contributed by atoms with Crippen LogP contribution in [-0.4, -0.2) is 48.8 Å². The van der Waals surface area contributed by atoms with Gasteiger partial charge in [0.25, 0.3) is 0 Å². The number of rotatable bonds is 14. The summed E-state index contributed by atoms with van der Waals surface area (Å²) in [5, 5.41) is 0. The van der Waals surface area contributed by atoms with E-state index in [9.17, 15) is 9.59 Å². The maximum Gasteiger partial charge on any atom is 0.232 e. The maximum absolute atomic E-state index is 12.4. The summed E-state index contributed by atoms with van der Waals surface area (Å²) in [6, 6.07) is 0. The van der Waals surface area contributed by atoms with Gasteiger partial charge in [-0.05, 0) is 52.7 Å². The summed E-state index contributed by atoms with van der Waals surface area (Å²) >= 11 is 0. The van der Waals surface area contributed by atoms with Gasteiger partial charge in [0.05, 0.1) is 0 Å². The van der Waals surface area contributed by atoms with Crippen molar-refractivity contribution in [2.24, 2.45) is 5.92 Å². The van der Waals surface area contributed by atoms with Crippen LogP contribution in [0.5, 0.6) is 0 Å². The molecule has 1 aliphatic rings. The second-order valence-electron chi connectivity index (χ2n) is 7.55. The lowest BCUT2D eigenvalue weighted by molar-refractivity contribution is -0.139. The van der Waals surface area contributed by atoms with Crippen molar-refractivity contribution >= 4 is 11.8 Å². The SMILES string of the molecule is CCCCCCCC/C=C/CCC1CC(=O)N(CCCN(C)C)C1=O. The summed E-state index contributed by atoms with van der Waals surface area (Å²) in [7, 11) is 4.02. The number of unbranched alkanes of at least 4 members (excludes halogenated alkanes) is 6. The Bertz CT molecular complexity index is 418. The smallest absolute Gasteiger partial charge is 0.232 e. The van der Waals surface area contributed by atoms with E-state index in [1.54, 1.807) is 0 Å². The van der Waals surface area contributed by atoms with Crippen LogP contribution in [0.1, 0.15) is 77.6 Å². The minimum atomic E-state index is -0.0921. The summed E-state index contributed by atoms with van der Waals surface area (Å²) in [4.78, 5) is 27.9. The van der Waals surface area contributed by atoms with Gasteiger partial charge in [-0.1, -0.05) is 51.2 Å². The third kappa shape index (κ3) is 9.20. The molecule has 25 heavy (non-hydrogen) atoms. The molecule has 0 aromatic rings. The molecular weight excluding hydrogens is 312 g/mol. The highest BCUT2D eigenvalue weighted by Gasteiger charge is 2.37. The second kappa shape index (κ2) is 13.1. The summed E-state index contributed by atoms with van der Waals surface area (Å²) in [6.07, 6.45) is 16.5. The van der Waals surface area contributed by atoms with Crippen LogP contribution in [0.25, 0.3) is 0 Å². The van der Waals surface area contributed by atoms with Crippen molar-refractivity contribution in [2.75, 3.05) is 27.2 Å². The van der Waals surface area contributed by atoms with E-state index >= 15 is 0 Å². The standard InChI is InChI=1S/C21H38N2O2/c1-4-5-6-7-8-9-10-11-12-13-15-19-18-20(24)23(21(19)25)17-14-16-22(2)3/h11-12,19H,4-10,13-18H2,1-3H3/b12-11+. The Balaban J connectivity index is 2.13. The molecule has 1 saturated heterocycles. The fraction of sp³-hybridized carbons (Fsp3) is 0.810. The number of hydrogen-bond acceptors (Lipinski definition) is 3. The Kier molecular flexibility index (Phi) is 11.5. The predicted octanol–water partition coefficient (Wildman–Crippen LogP) is 4.40. The molecule has 144 valence electrons. The lowest BCUT2D eigenvalue weighted by Crippen LogP contribution is -2.33. The van der Waals surface area contributed by atoms with Crippen LogP contribution in [0.2, 0.25) is 0 Å². The van der Waals surface area contributed by atoms with Crippen LogP contribution in [0.15, 0.2) is 12.2 Å². The van der Waals surface area contributed by atoms with E-state index in [1.807, 2.05) is 14.1 Å². The van der Waals surface area contributed by atoms with Crippen molar-refractivity contribution in [3.8, 4) is 0 Å². The molecule has 0 N–H and O–H groups in total. The van der Waals surface area contributed by atoms with Gasteiger partial charge < -0.3 is 4.90 Å². The number of nitrogens with zero attached hydrogens (tertiary/aromatic N) is 2. The van der Waals surface area contributed by atoms with Crippen LogP contribution in [0.4, 0.5) is 0 Å². The number of likely N-dealkylation sites (tertiary alicyclic amines) is 1. The Labute approximate surface area is 154 Å². The molecular formula is C21H38N2O2. The Morgan fingerprint density at radius 3 is 2.40 bits per heavy atom. The Morgan fingerprint density at radius 1 is 1.00 bits per heavy atom. The average Bonchev–Trinajstić information content (AvgIpc) is 2.84. The molecule has 1 atom stereocenters.